The van der Waals surface area contributed by atoms with Gasteiger partial charge in [0.2, 0.25) is 0 Å². The summed E-state index contributed by atoms with van der Waals surface area (Å²) in [6, 6.07) is 12.8. The lowest BCUT2D eigenvalue weighted by Gasteiger charge is -2.11. The number of anilines is 2. The average molecular weight is 306 g/mol. The second-order valence-electron chi connectivity index (χ2n) is 4.28. The van der Waals surface area contributed by atoms with E-state index in [2.05, 4.69) is 10.6 Å². The van der Waals surface area contributed by atoms with E-state index >= 15 is 0 Å². The van der Waals surface area contributed by atoms with Crippen LogP contribution in [0.5, 0.6) is 0 Å². The van der Waals surface area contributed by atoms with Crippen molar-refractivity contribution in [1.29, 1.82) is 0 Å². The molecule has 0 amide bonds. The van der Waals surface area contributed by atoms with Crippen LogP contribution < -0.4 is 10.6 Å². The van der Waals surface area contributed by atoms with Gasteiger partial charge in [-0.15, -0.1) is 11.8 Å². The first-order chi connectivity index (χ1) is 9.58. The molecule has 0 saturated carbocycles. The lowest BCUT2D eigenvalue weighted by molar-refractivity contribution is 0.619. The Labute approximate surface area is 127 Å². The summed E-state index contributed by atoms with van der Waals surface area (Å²) in [6.07, 6.45) is 2.02. The molecule has 0 saturated heterocycles. The first kappa shape index (κ1) is 14.8. The van der Waals surface area contributed by atoms with Crippen LogP contribution in [0.15, 0.2) is 47.4 Å². The van der Waals surface area contributed by atoms with Gasteiger partial charge < -0.3 is 10.6 Å². The molecule has 2 aromatic rings. The standard InChI is InChI=1S/C15H15FN2S2/c1-10-8-12(6-7-14(10)16)18-15(19)17-11-4-3-5-13(9-11)20-2/h3-9H,1-2H3,(H2,17,18,19). The molecule has 2 nitrogen and oxygen atoms in total. The molecule has 2 N–H and O–H groups in total. The van der Waals surface area contributed by atoms with Crippen molar-refractivity contribution in [2.75, 3.05) is 16.9 Å². The summed E-state index contributed by atoms with van der Waals surface area (Å²) in [5.41, 5.74) is 2.28. The van der Waals surface area contributed by atoms with Gasteiger partial charge in [-0.3, -0.25) is 0 Å². The summed E-state index contributed by atoms with van der Waals surface area (Å²) >= 11 is 6.92. The third-order valence-electron chi connectivity index (χ3n) is 2.74. The van der Waals surface area contributed by atoms with Crippen LogP contribution in [0.4, 0.5) is 15.8 Å². The second kappa shape index (κ2) is 6.72. The third kappa shape index (κ3) is 3.95. The second-order valence-corrected chi connectivity index (χ2v) is 5.56. The molecule has 0 spiro atoms. The van der Waals surface area contributed by atoms with Crippen LogP contribution in [-0.2, 0) is 0 Å². The molecule has 20 heavy (non-hydrogen) atoms. The van der Waals surface area contributed by atoms with Crippen LogP contribution >= 0.6 is 24.0 Å². The largest absolute Gasteiger partial charge is 0.332 e. The van der Waals surface area contributed by atoms with Crippen molar-refractivity contribution in [2.24, 2.45) is 0 Å². The summed E-state index contributed by atoms with van der Waals surface area (Å²) < 4.78 is 13.2. The topological polar surface area (TPSA) is 24.1 Å². The number of benzene rings is 2. The Hall–Kier alpha value is -1.59. The zero-order valence-corrected chi connectivity index (χ0v) is 12.9. The van der Waals surface area contributed by atoms with E-state index in [0.717, 1.165) is 16.3 Å². The number of thioether (sulfide) groups is 1. The fourth-order valence-corrected chi connectivity index (χ4v) is 2.41. The van der Waals surface area contributed by atoms with Gasteiger partial charge in [-0.2, -0.15) is 0 Å². The van der Waals surface area contributed by atoms with E-state index in [1.54, 1.807) is 30.8 Å². The molecule has 0 aliphatic heterocycles. The molecule has 2 rings (SSSR count). The van der Waals surface area contributed by atoms with Crippen molar-refractivity contribution in [3.05, 3.63) is 53.8 Å². The van der Waals surface area contributed by atoms with Gasteiger partial charge >= 0.3 is 0 Å². The number of halogens is 1. The van der Waals surface area contributed by atoms with E-state index < -0.39 is 0 Å². The SMILES string of the molecule is CSc1cccc(NC(=S)Nc2ccc(F)c(C)c2)c1. The van der Waals surface area contributed by atoms with Crippen LogP contribution in [-0.4, -0.2) is 11.4 Å². The van der Waals surface area contributed by atoms with Gasteiger partial charge in [0.05, 0.1) is 0 Å². The van der Waals surface area contributed by atoms with Crippen LogP contribution in [0.2, 0.25) is 0 Å². The highest BCUT2D eigenvalue weighted by molar-refractivity contribution is 7.98. The van der Waals surface area contributed by atoms with Crippen LogP contribution in [0, 0.1) is 12.7 Å². The Kier molecular flexibility index (Phi) is 4.98. The quantitative estimate of drug-likeness (QED) is 0.636. The molecule has 0 aromatic heterocycles. The summed E-state index contributed by atoms with van der Waals surface area (Å²) in [4.78, 5) is 1.16. The first-order valence-electron chi connectivity index (χ1n) is 6.06. The summed E-state index contributed by atoms with van der Waals surface area (Å²) in [7, 11) is 0. The van der Waals surface area contributed by atoms with Crippen molar-refractivity contribution in [2.45, 2.75) is 11.8 Å². The van der Waals surface area contributed by atoms with E-state index in [1.807, 2.05) is 30.5 Å². The normalized spacial score (nSPS) is 10.2. The maximum atomic E-state index is 13.2. The van der Waals surface area contributed by atoms with Crippen molar-refractivity contribution in [3.8, 4) is 0 Å². The minimum Gasteiger partial charge on any atom is -0.332 e. The van der Waals surface area contributed by atoms with Crippen LogP contribution in [0.3, 0.4) is 0 Å². The molecule has 104 valence electrons. The number of hydrogen-bond acceptors (Lipinski definition) is 2. The van der Waals surface area contributed by atoms with Gasteiger partial charge in [0, 0.05) is 16.3 Å². The molecule has 0 aliphatic carbocycles. The molecule has 0 radical (unpaired) electrons. The lowest BCUT2D eigenvalue weighted by Crippen LogP contribution is -2.19. The van der Waals surface area contributed by atoms with E-state index in [9.17, 15) is 4.39 Å². The number of aryl methyl sites for hydroxylation is 1. The van der Waals surface area contributed by atoms with Crippen LogP contribution in [0.25, 0.3) is 0 Å². The molecule has 0 unspecified atom stereocenters. The average Bonchev–Trinajstić information content (AvgIpc) is 2.43. The Morgan fingerprint density at radius 1 is 1.10 bits per heavy atom. The molecule has 5 heteroatoms. The van der Waals surface area contributed by atoms with Crippen molar-refractivity contribution >= 4 is 40.5 Å². The van der Waals surface area contributed by atoms with Crippen molar-refractivity contribution in [3.63, 3.8) is 0 Å². The van der Waals surface area contributed by atoms with Gasteiger partial charge in [-0.05, 0) is 67.4 Å². The predicted molar refractivity (Wildman–Crippen MR) is 89.2 cm³/mol. The summed E-state index contributed by atoms with van der Waals surface area (Å²) in [5.74, 6) is -0.220. The maximum absolute atomic E-state index is 13.2. The molecular formula is C15H15FN2S2. The van der Waals surface area contributed by atoms with Gasteiger partial charge in [0.1, 0.15) is 5.82 Å². The molecular weight excluding hydrogens is 291 g/mol. The summed E-state index contributed by atoms with van der Waals surface area (Å²) in [6.45, 7) is 1.72. The molecule has 0 atom stereocenters. The van der Waals surface area contributed by atoms with E-state index in [4.69, 9.17) is 12.2 Å². The predicted octanol–water partition coefficient (Wildman–Crippen LogP) is 4.66. The van der Waals surface area contributed by atoms with Gasteiger partial charge in [0.15, 0.2) is 5.11 Å². The number of hydrogen-bond donors (Lipinski definition) is 2. The van der Waals surface area contributed by atoms with Crippen molar-refractivity contribution in [1.82, 2.24) is 0 Å². The highest BCUT2D eigenvalue weighted by Gasteiger charge is 2.02. The number of thiocarbonyl (C=S) groups is 1. The highest BCUT2D eigenvalue weighted by atomic mass is 32.2. The third-order valence-corrected chi connectivity index (χ3v) is 3.67. The molecule has 0 fully saturated rings. The fourth-order valence-electron chi connectivity index (χ4n) is 1.72. The first-order valence-corrected chi connectivity index (χ1v) is 7.70. The monoisotopic (exact) mass is 306 g/mol. The molecule has 0 heterocycles. The van der Waals surface area contributed by atoms with Gasteiger partial charge in [-0.25, -0.2) is 4.39 Å². The lowest BCUT2D eigenvalue weighted by atomic mass is 10.2. The minimum absolute atomic E-state index is 0.220. The number of nitrogens with one attached hydrogen (secondary N) is 2. The molecule has 0 bridgehead atoms. The van der Waals surface area contributed by atoms with Gasteiger partial charge in [0.25, 0.3) is 0 Å². The number of rotatable bonds is 3. The smallest absolute Gasteiger partial charge is 0.175 e. The van der Waals surface area contributed by atoms with E-state index in [1.165, 1.54) is 6.07 Å². The Balaban J connectivity index is 2.03. The van der Waals surface area contributed by atoms with E-state index in [0.29, 0.717) is 10.7 Å². The molecule has 2 aromatic carbocycles. The Morgan fingerprint density at radius 3 is 2.45 bits per heavy atom. The van der Waals surface area contributed by atoms with Gasteiger partial charge in [-0.1, -0.05) is 6.07 Å². The zero-order chi connectivity index (χ0) is 14.5. The van der Waals surface area contributed by atoms with Crippen molar-refractivity contribution < 1.29 is 4.39 Å². The fraction of sp³-hybridized carbons (Fsp3) is 0.133. The Morgan fingerprint density at radius 2 is 1.80 bits per heavy atom. The maximum Gasteiger partial charge on any atom is 0.175 e. The Bertz CT molecular complexity index is 629. The summed E-state index contributed by atoms with van der Waals surface area (Å²) in [5, 5.41) is 6.64. The van der Waals surface area contributed by atoms with E-state index in [-0.39, 0.29) is 5.82 Å². The van der Waals surface area contributed by atoms with Crippen LogP contribution in [0.1, 0.15) is 5.56 Å². The zero-order valence-electron chi connectivity index (χ0n) is 11.2. The molecule has 0 aliphatic rings. The highest BCUT2D eigenvalue weighted by Crippen LogP contribution is 2.19. The minimum atomic E-state index is -0.220.